The number of rotatable bonds is 4. The molecule has 7 heteroatoms. The van der Waals surface area contributed by atoms with Crippen LogP contribution in [-0.4, -0.2) is 54.6 Å². The number of piperidine rings is 1. The van der Waals surface area contributed by atoms with Gasteiger partial charge >= 0.3 is 6.09 Å². The normalized spacial score (nSPS) is 14.1. The first-order chi connectivity index (χ1) is 19.2. The van der Waals surface area contributed by atoms with Gasteiger partial charge < -0.3 is 24.1 Å². The Labute approximate surface area is 243 Å². The molecule has 1 aromatic heterocycles. The number of carbonyl (C=O) groups is 2. The summed E-state index contributed by atoms with van der Waals surface area (Å²) < 4.78 is 11.1. The molecule has 2 fully saturated rings. The molecule has 4 rings (SSSR count). The summed E-state index contributed by atoms with van der Waals surface area (Å²) in [6, 6.07) is 10.6. The monoisotopic (exact) mass is 555 g/mol. The zero-order valence-corrected chi connectivity index (χ0v) is 26.5. The average molecular weight is 556 g/mol. The average Bonchev–Trinajstić information content (AvgIpc) is 2.96. The smallest absolute Gasteiger partial charge is 0.410 e. The van der Waals surface area contributed by atoms with E-state index in [2.05, 4.69) is 47.7 Å². The molecule has 1 aliphatic heterocycles. The summed E-state index contributed by atoms with van der Waals surface area (Å²) in [4.78, 5) is 28.8. The molecule has 0 atom stereocenters. The SMILES string of the molecule is C=C1CCC1.C=O.CC.CC.COc1ccncc1N(c1ccc(C)cc1)C1CCN(C(=O)OC(C)(C)C)CC1. The molecule has 1 aliphatic carbocycles. The predicted octanol–water partition coefficient (Wildman–Crippen LogP) is 8.53. The van der Waals surface area contributed by atoms with Crippen molar-refractivity contribution < 1.29 is 19.1 Å². The molecule has 1 amide bonds. The molecule has 2 aliphatic rings. The van der Waals surface area contributed by atoms with E-state index in [0.29, 0.717) is 13.1 Å². The number of hydrogen-bond donors (Lipinski definition) is 0. The molecule has 1 saturated carbocycles. The van der Waals surface area contributed by atoms with Crippen LogP contribution in [0.2, 0.25) is 0 Å². The number of aryl methyl sites for hydroxylation is 1. The Balaban J connectivity index is 0.00000119. The van der Waals surface area contributed by atoms with Gasteiger partial charge in [0.2, 0.25) is 0 Å². The van der Waals surface area contributed by atoms with Crippen LogP contribution in [0, 0.1) is 6.92 Å². The number of allylic oxidation sites excluding steroid dienone is 1. The second kappa shape index (κ2) is 19.7. The van der Waals surface area contributed by atoms with Crippen LogP contribution in [0.15, 0.2) is 54.9 Å². The zero-order chi connectivity index (χ0) is 30.7. The maximum absolute atomic E-state index is 12.4. The van der Waals surface area contributed by atoms with Gasteiger partial charge in [0.05, 0.1) is 13.3 Å². The van der Waals surface area contributed by atoms with Crippen molar-refractivity contribution in [2.24, 2.45) is 0 Å². The van der Waals surface area contributed by atoms with Crippen LogP contribution in [0.1, 0.15) is 86.1 Å². The highest BCUT2D eigenvalue weighted by Crippen LogP contribution is 2.37. The van der Waals surface area contributed by atoms with Crippen LogP contribution in [0.25, 0.3) is 0 Å². The summed E-state index contributed by atoms with van der Waals surface area (Å²) in [6.07, 6.45) is 8.99. The molecular weight excluding hydrogens is 502 g/mol. The van der Waals surface area contributed by atoms with Crippen LogP contribution in [0.5, 0.6) is 5.75 Å². The molecule has 0 unspecified atom stereocenters. The van der Waals surface area contributed by atoms with E-state index < -0.39 is 5.60 Å². The number of likely N-dealkylation sites (tertiary alicyclic amines) is 1. The molecule has 0 radical (unpaired) electrons. The maximum Gasteiger partial charge on any atom is 0.410 e. The molecule has 2 aromatic rings. The molecule has 2 heterocycles. The van der Waals surface area contributed by atoms with E-state index in [4.69, 9.17) is 14.3 Å². The summed E-state index contributed by atoms with van der Waals surface area (Å²) in [5.41, 5.74) is 4.20. The van der Waals surface area contributed by atoms with Crippen LogP contribution >= 0.6 is 0 Å². The number of hydrogen-bond acceptors (Lipinski definition) is 6. The molecule has 40 heavy (non-hydrogen) atoms. The van der Waals surface area contributed by atoms with Crippen LogP contribution in [-0.2, 0) is 9.53 Å². The van der Waals surface area contributed by atoms with Crippen molar-refractivity contribution in [2.45, 2.75) is 99.1 Å². The van der Waals surface area contributed by atoms with Gasteiger partial charge in [-0.2, -0.15) is 0 Å². The van der Waals surface area contributed by atoms with Gasteiger partial charge in [-0.1, -0.05) is 57.5 Å². The van der Waals surface area contributed by atoms with Crippen molar-refractivity contribution in [1.82, 2.24) is 9.88 Å². The molecule has 1 aromatic carbocycles. The molecular formula is C33H53N3O4. The standard InChI is InChI=1S/C23H31N3O3.C5H8.2C2H6.CH2O/c1-17-6-8-18(9-7-17)26(20-16-24-13-10-21(20)28-5)19-11-14-25(15-12-19)22(27)29-23(2,3)4;1-5-3-2-4-5;3*1-2/h6-10,13,16,19H,11-12,14-15H2,1-5H3;1-4H2;2*1-2H3;1H2. The molecule has 0 bridgehead atoms. The summed E-state index contributed by atoms with van der Waals surface area (Å²) >= 11 is 0. The third kappa shape index (κ3) is 12.2. The summed E-state index contributed by atoms with van der Waals surface area (Å²) in [6.45, 7) is 22.8. The quantitative estimate of drug-likeness (QED) is 0.352. The van der Waals surface area contributed by atoms with Gasteiger partial charge in [0, 0.05) is 37.1 Å². The van der Waals surface area contributed by atoms with Crippen molar-refractivity contribution in [1.29, 1.82) is 0 Å². The number of methoxy groups -OCH3 is 1. The van der Waals surface area contributed by atoms with E-state index >= 15 is 0 Å². The largest absolute Gasteiger partial charge is 0.494 e. The molecule has 1 saturated heterocycles. The third-order valence-corrected chi connectivity index (χ3v) is 6.09. The Bertz CT molecular complexity index is 972. The van der Waals surface area contributed by atoms with Gasteiger partial charge in [0.25, 0.3) is 0 Å². The second-order valence-corrected chi connectivity index (χ2v) is 10.1. The summed E-state index contributed by atoms with van der Waals surface area (Å²) in [5.74, 6) is 0.787. The van der Waals surface area contributed by atoms with E-state index in [-0.39, 0.29) is 12.1 Å². The number of benzene rings is 1. The number of nitrogens with zero attached hydrogens (tertiary/aromatic N) is 3. The van der Waals surface area contributed by atoms with Crippen LogP contribution < -0.4 is 9.64 Å². The summed E-state index contributed by atoms with van der Waals surface area (Å²) in [5, 5.41) is 0. The van der Waals surface area contributed by atoms with E-state index in [0.717, 1.165) is 30.0 Å². The highest BCUT2D eigenvalue weighted by molar-refractivity contribution is 5.70. The van der Waals surface area contributed by atoms with E-state index in [1.54, 1.807) is 18.2 Å². The van der Waals surface area contributed by atoms with Crippen LogP contribution in [0.4, 0.5) is 16.2 Å². The first kappa shape index (κ1) is 36.6. The lowest BCUT2D eigenvalue weighted by molar-refractivity contribution is -0.0980. The number of carbonyl (C=O) groups excluding carboxylic acids is 2. The minimum atomic E-state index is -0.481. The molecule has 7 nitrogen and oxygen atoms in total. The molecule has 0 spiro atoms. The lowest BCUT2D eigenvalue weighted by Crippen LogP contribution is -2.47. The van der Waals surface area contributed by atoms with Crippen molar-refractivity contribution in [3.05, 3.63) is 60.4 Å². The zero-order valence-electron chi connectivity index (χ0n) is 26.5. The first-order valence-corrected chi connectivity index (χ1v) is 14.5. The number of anilines is 2. The number of aromatic nitrogens is 1. The summed E-state index contributed by atoms with van der Waals surface area (Å²) in [7, 11) is 1.68. The van der Waals surface area contributed by atoms with Gasteiger partial charge in [0.15, 0.2) is 0 Å². The van der Waals surface area contributed by atoms with Crippen LogP contribution in [0.3, 0.4) is 0 Å². The Morgan fingerprint density at radius 1 is 1.00 bits per heavy atom. The predicted molar refractivity (Wildman–Crippen MR) is 168 cm³/mol. The Hall–Kier alpha value is -3.35. The van der Waals surface area contributed by atoms with Crippen molar-refractivity contribution in [2.75, 3.05) is 25.1 Å². The molecule has 224 valence electrons. The van der Waals surface area contributed by atoms with Gasteiger partial charge in [-0.25, -0.2) is 4.79 Å². The fraction of sp³-hybridized carbons (Fsp3) is 0.545. The number of pyridine rings is 1. The van der Waals surface area contributed by atoms with Gasteiger partial charge in [0.1, 0.15) is 23.8 Å². The fourth-order valence-corrected chi connectivity index (χ4v) is 4.04. The lowest BCUT2D eigenvalue weighted by atomic mass is 9.95. The Morgan fingerprint density at radius 3 is 1.95 bits per heavy atom. The minimum Gasteiger partial charge on any atom is -0.494 e. The van der Waals surface area contributed by atoms with Gasteiger partial charge in [-0.3, -0.25) is 4.98 Å². The Morgan fingerprint density at radius 2 is 1.52 bits per heavy atom. The van der Waals surface area contributed by atoms with Crippen molar-refractivity contribution >= 4 is 24.3 Å². The second-order valence-electron chi connectivity index (χ2n) is 10.1. The van der Waals surface area contributed by atoms with E-state index in [1.165, 1.54) is 30.4 Å². The van der Waals surface area contributed by atoms with Gasteiger partial charge in [-0.15, -0.1) is 0 Å². The first-order valence-electron chi connectivity index (χ1n) is 14.5. The highest BCUT2D eigenvalue weighted by Gasteiger charge is 2.31. The third-order valence-electron chi connectivity index (χ3n) is 6.09. The fourth-order valence-electron chi connectivity index (χ4n) is 4.04. The van der Waals surface area contributed by atoms with E-state index in [9.17, 15) is 4.79 Å². The maximum atomic E-state index is 12.4. The number of amides is 1. The lowest BCUT2D eigenvalue weighted by Gasteiger charge is -2.40. The van der Waals surface area contributed by atoms with Crippen molar-refractivity contribution in [3.8, 4) is 5.75 Å². The Kier molecular flexibility index (Phi) is 18.0. The highest BCUT2D eigenvalue weighted by atomic mass is 16.6. The number of ether oxygens (including phenoxy) is 2. The minimum absolute atomic E-state index is 0.231. The molecule has 0 N–H and O–H groups in total. The van der Waals surface area contributed by atoms with Gasteiger partial charge in [-0.05, 0) is 71.9 Å². The van der Waals surface area contributed by atoms with E-state index in [1.807, 2.05) is 67.5 Å². The van der Waals surface area contributed by atoms with Crippen molar-refractivity contribution in [3.63, 3.8) is 0 Å². The topological polar surface area (TPSA) is 72.0 Å².